The first-order chi connectivity index (χ1) is 12.5. The number of benzene rings is 1. The fourth-order valence-corrected chi connectivity index (χ4v) is 3.44. The lowest BCUT2D eigenvalue weighted by atomic mass is 9.94. The maximum atomic E-state index is 12.5. The van der Waals surface area contributed by atoms with E-state index in [-0.39, 0.29) is 29.7 Å². The number of hydrogen-bond acceptors (Lipinski definition) is 5. The molecule has 0 N–H and O–H groups in total. The predicted molar refractivity (Wildman–Crippen MR) is 98.5 cm³/mol. The van der Waals surface area contributed by atoms with Crippen LogP contribution in [0.25, 0.3) is 11.3 Å². The van der Waals surface area contributed by atoms with Crippen molar-refractivity contribution in [1.29, 1.82) is 5.26 Å². The SMILES string of the molecule is CCOC(=O)c1c(C#N)c(-c2ccc(Br)cc2)nn1C1CCC(=O)CC1. The Hall–Kier alpha value is -2.46. The van der Waals surface area contributed by atoms with Gasteiger partial charge in [-0.2, -0.15) is 10.4 Å². The molecule has 3 rings (SSSR count). The van der Waals surface area contributed by atoms with E-state index in [0.29, 0.717) is 31.4 Å². The first-order valence-corrected chi connectivity index (χ1v) is 9.31. The minimum Gasteiger partial charge on any atom is -0.461 e. The molecule has 1 aliphatic rings. The van der Waals surface area contributed by atoms with Gasteiger partial charge in [0.05, 0.1) is 12.6 Å². The molecule has 1 heterocycles. The van der Waals surface area contributed by atoms with Gasteiger partial charge in [-0.05, 0) is 31.9 Å². The van der Waals surface area contributed by atoms with E-state index in [2.05, 4.69) is 27.1 Å². The van der Waals surface area contributed by atoms with Crippen molar-refractivity contribution in [3.63, 3.8) is 0 Å². The Bertz CT molecular complexity index is 871. The van der Waals surface area contributed by atoms with Crippen molar-refractivity contribution in [1.82, 2.24) is 9.78 Å². The third-order valence-electron chi connectivity index (χ3n) is 4.47. The van der Waals surface area contributed by atoms with Crippen molar-refractivity contribution in [2.45, 2.75) is 38.6 Å². The predicted octanol–water partition coefficient (Wildman–Crippen LogP) is 4.05. The van der Waals surface area contributed by atoms with Gasteiger partial charge in [-0.1, -0.05) is 28.1 Å². The largest absolute Gasteiger partial charge is 0.461 e. The van der Waals surface area contributed by atoms with Crippen molar-refractivity contribution in [2.24, 2.45) is 0 Å². The number of rotatable bonds is 4. The molecule has 134 valence electrons. The Balaban J connectivity index is 2.12. The normalized spacial score (nSPS) is 14.9. The van der Waals surface area contributed by atoms with Crippen molar-refractivity contribution < 1.29 is 14.3 Å². The summed E-state index contributed by atoms with van der Waals surface area (Å²) in [5, 5.41) is 14.3. The van der Waals surface area contributed by atoms with Crippen LogP contribution < -0.4 is 0 Å². The zero-order valence-corrected chi connectivity index (χ0v) is 16.0. The molecule has 1 saturated carbocycles. The molecule has 1 aromatic heterocycles. The topological polar surface area (TPSA) is 85.0 Å². The Morgan fingerprint density at radius 3 is 2.58 bits per heavy atom. The van der Waals surface area contributed by atoms with Crippen molar-refractivity contribution in [3.05, 3.63) is 40.0 Å². The summed E-state index contributed by atoms with van der Waals surface area (Å²) in [6.45, 7) is 1.94. The van der Waals surface area contributed by atoms with Gasteiger partial charge in [-0.25, -0.2) is 4.79 Å². The number of aromatic nitrogens is 2. The van der Waals surface area contributed by atoms with Gasteiger partial charge in [0, 0.05) is 22.9 Å². The summed E-state index contributed by atoms with van der Waals surface area (Å²) in [6.07, 6.45) is 2.14. The van der Waals surface area contributed by atoms with Gasteiger partial charge in [-0.15, -0.1) is 0 Å². The lowest BCUT2D eigenvalue weighted by molar-refractivity contribution is -0.120. The van der Waals surface area contributed by atoms with Crippen LogP contribution in [0.5, 0.6) is 0 Å². The van der Waals surface area contributed by atoms with E-state index in [1.165, 1.54) is 0 Å². The lowest BCUT2D eigenvalue weighted by Gasteiger charge is -2.22. The summed E-state index contributed by atoms with van der Waals surface area (Å²) in [7, 11) is 0. The third kappa shape index (κ3) is 3.56. The number of nitriles is 1. The van der Waals surface area contributed by atoms with E-state index in [0.717, 1.165) is 10.0 Å². The van der Waals surface area contributed by atoms with Gasteiger partial charge in [0.25, 0.3) is 0 Å². The van der Waals surface area contributed by atoms with Gasteiger partial charge in [0.1, 0.15) is 23.1 Å². The molecule has 0 atom stereocenters. The van der Waals surface area contributed by atoms with Crippen LogP contribution in [0.2, 0.25) is 0 Å². The quantitative estimate of drug-likeness (QED) is 0.703. The molecule has 1 aliphatic carbocycles. The number of ether oxygens (including phenoxy) is 1. The zero-order valence-electron chi connectivity index (χ0n) is 14.4. The molecule has 2 aromatic rings. The highest BCUT2D eigenvalue weighted by Crippen LogP contribution is 2.33. The van der Waals surface area contributed by atoms with Gasteiger partial charge in [-0.3, -0.25) is 9.48 Å². The standard InChI is InChI=1S/C19H18BrN3O3/c1-2-26-19(25)18-16(11-21)17(12-3-5-13(20)6-4-12)22-23(18)14-7-9-15(24)10-8-14/h3-6,14H,2,7-10H2,1H3. The summed E-state index contributed by atoms with van der Waals surface area (Å²) in [5.74, 6) is -0.337. The van der Waals surface area contributed by atoms with Crippen LogP contribution in [0.3, 0.4) is 0 Å². The highest BCUT2D eigenvalue weighted by Gasteiger charge is 2.31. The summed E-state index contributed by atoms with van der Waals surface area (Å²) in [5.41, 5.74) is 1.59. The Morgan fingerprint density at radius 1 is 1.35 bits per heavy atom. The molecule has 0 spiro atoms. The van der Waals surface area contributed by atoms with E-state index >= 15 is 0 Å². The number of nitrogens with zero attached hydrogens (tertiary/aromatic N) is 3. The lowest BCUT2D eigenvalue weighted by Crippen LogP contribution is -2.23. The Kier molecular flexibility index (Phi) is 5.52. The molecular formula is C19H18BrN3O3. The fraction of sp³-hybridized carbons (Fsp3) is 0.368. The summed E-state index contributed by atoms with van der Waals surface area (Å²) in [6, 6.07) is 9.44. The van der Waals surface area contributed by atoms with Crippen molar-refractivity contribution in [3.8, 4) is 17.3 Å². The van der Waals surface area contributed by atoms with E-state index in [1.54, 1.807) is 11.6 Å². The second kappa shape index (κ2) is 7.83. The van der Waals surface area contributed by atoms with E-state index in [4.69, 9.17) is 4.74 Å². The van der Waals surface area contributed by atoms with Crippen LogP contribution in [-0.2, 0) is 9.53 Å². The molecular weight excluding hydrogens is 398 g/mol. The maximum absolute atomic E-state index is 12.5. The molecule has 1 fully saturated rings. The molecule has 0 radical (unpaired) electrons. The number of hydrogen-bond donors (Lipinski definition) is 0. The van der Waals surface area contributed by atoms with Crippen LogP contribution in [0.15, 0.2) is 28.7 Å². The summed E-state index contributed by atoms with van der Waals surface area (Å²) in [4.78, 5) is 24.1. The monoisotopic (exact) mass is 415 g/mol. The molecule has 7 heteroatoms. The molecule has 6 nitrogen and oxygen atoms in total. The highest BCUT2D eigenvalue weighted by atomic mass is 79.9. The average molecular weight is 416 g/mol. The minimum atomic E-state index is -0.559. The van der Waals surface area contributed by atoms with Gasteiger partial charge < -0.3 is 4.74 Å². The number of ketones is 1. The summed E-state index contributed by atoms with van der Waals surface area (Å²) < 4.78 is 7.68. The van der Waals surface area contributed by atoms with Crippen LogP contribution in [-0.4, -0.2) is 28.1 Å². The Morgan fingerprint density at radius 2 is 2.00 bits per heavy atom. The van der Waals surface area contributed by atoms with Crippen LogP contribution in [0.1, 0.15) is 54.7 Å². The van der Waals surface area contributed by atoms with E-state index < -0.39 is 5.97 Å². The number of carbonyl (C=O) groups is 2. The highest BCUT2D eigenvalue weighted by molar-refractivity contribution is 9.10. The molecule has 1 aromatic carbocycles. The first kappa shape index (κ1) is 18.3. The van der Waals surface area contributed by atoms with Crippen LogP contribution in [0.4, 0.5) is 0 Å². The molecule has 0 saturated heterocycles. The molecule has 26 heavy (non-hydrogen) atoms. The van der Waals surface area contributed by atoms with Gasteiger partial charge in [0.2, 0.25) is 0 Å². The molecule has 0 bridgehead atoms. The van der Waals surface area contributed by atoms with Gasteiger partial charge in [0.15, 0.2) is 5.69 Å². The number of Topliss-reactive ketones (excluding diaryl/α,β-unsaturated/α-hetero) is 1. The van der Waals surface area contributed by atoms with E-state index in [1.807, 2.05) is 24.3 Å². The zero-order chi connectivity index (χ0) is 18.7. The molecule has 0 aliphatic heterocycles. The van der Waals surface area contributed by atoms with Crippen LogP contribution >= 0.6 is 15.9 Å². The summed E-state index contributed by atoms with van der Waals surface area (Å²) >= 11 is 3.39. The average Bonchev–Trinajstić information content (AvgIpc) is 3.03. The van der Waals surface area contributed by atoms with Gasteiger partial charge >= 0.3 is 5.97 Å². The Labute approximate surface area is 159 Å². The van der Waals surface area contributed by atoms with E-state index in [9.17, 15) is 14.9 Å². The van der Waals surface area contributed by atoms with Crippen LogP contribution in [0, 0.1) is 11.3 Å². The second-order valence-corrected chi connectivity index (χ2v) is 7.04. The fourth-order valence-electron chi connectivity index (χ4n) is 3.18. The smallest absolute Gasteiger partial charge is 0.358 e. The number of esters is 1. The number of carbonyl (C=O) groups excluding carboxylic acids is 2. The first-order valence-electron chi connectivity index (χ1n) is 8.52. The number of halogens is 1. The van der Waals surface area contributed by atoms with Crippen molar-refractivity contribution in [2.75, 3.05) is 6.61 Å². The minimum absolute atomic E-state index is 0.0941. The van der Waals surface area contributed by atoms with Crippen molar-refractivity contribution >= 4 is 27.7 Å². The molecule has 0 amide bonds. The molecule has 0 unspecified atom stereocenters. The second-order valence-electron chi connectivity index (χ2n) is 6.13. The maximum Gasteiger partial charge on any atom is 0.358 e. The third-order valence-corrected chi connectivity index (χ3v) is 5.00.